The van der Waals surface area contributed by atoms with Crippen molar-refractivity contribution >= 4 is 0 Å². The van der Waals surface area contributed by atoms with Crippen LogP contribution in [0.5, 0.6) is 0 Å². The van der Waals surface area contributed by atoms with Gasteiger partial charge in [-0.15, -0.1) is 0 Å². The molecule has 0 radical (unpaired) electrons. The highest BCUT2D eigenvalue weighted by Crippen LogP contribution is 1.93. The maximum absolute atomic E-state index is 11.5. The zero-order valence-corrected chi connectivity index (χ0v) is 6.31. The zero-order chi connectivity index (χ0) is 7.82. The summed E-state index contributed by atoms with van der Waals surface area (Å²) in [6, 6.07) is 0. The highest BCUT2D eigenvalue weighted by molar-refractivity contribution is 4.94. The van der Waals surface area contributed by atoms with Crippen molar-refractivity contribution in [2.75, 3.05) is 13.1 Å². The minimum absolute atomic E-state index is 0.546. The Bertz CT molecular complexity index is 106. The molecule has 1 aliphatic rings. The van der Waals surface area contributed by atoms with Crippen molar-refractivity contribution < 1.29 is 4.39 Å². The molecule has 0 aliphatic carbocycles. The number of halogens is 1. The number of alkyl halides is 1. The summed E-state index contributed by atoms with van der Waals surface area (Å²) in [6.07, 6.45) is 5.03. The molecule has 0 bridgehead atoms. The van der Waals surface area contributed by atoms with Crippen molar-refractivity contribution in [2.24, 2.45) is 0 Å². The summed E-state index contributed by atoms with van der Waals surface area (Å²) in [5.74, 6) is 0. The van der Waals surface area contributed by atoms with Gasteiger partial charge in [0.1, 0.15) is 6.17 Å². The van der Waals surface area contributed by atoms with Gasteiger partial charge in [-0.05, 0) is 6.92 Å². The molecule has 1 rings (SSSR count). The second-order valence-electron chi connectivity index (χ2n) is 2.02. The molecule has 58 valence electrons. The first-order valence-electron chi connectivity index (χ1n) is 3.39. The summed E-state index contributed by atoms with van der Waals surface area (Å²) in [4.78, 5) is 0. The standard InChI is InChI=1S/C5H8.C3H6FN/c1-3-5-4-2;4-3-1-5-2-3/h3-5H,1H2,2H3;3,5H,1-2H2/b5-4+;. The molecule has 0 unspecified atom stereocenters. The summed E-state index contributed by atoms with van der Waals surface area (Å²) < 4.78 is 11.5. The van der Waals surface area contributed by atoms with E-state index in [-0.39, 0.29) is 0 Å². The Hall–Kier alpha value is -0.630. The van der Waals surface area contributed by atoms with Gasteiger partial charge in [-0.25, -0.2) is 4.39 Å². The Balaban J connectivity index is 0.000000162. The normalized spacial score (nSPS) is 17.4. The largest absolute Gasteiger partial charge is 0.311 e. The van der Waals surface area contributed by atoms with Gasteiger partial charge in [0.25, 0.3) is 0 Å². The van der Waals surface area contributed by atoms with Crippen LogP contribution in [0.1, 0.15) is 6.92 Å². The smallest absolute Gasteiger partial charge is 0.125 e. The number of rotatable bonds is 1. The number of nitrogens with one attached hydrogen (secondary N) is 1. The monoisotopic (exact) mass is 143 g/mol. The SMILES string of the molecule is C=C/C=C/C.FC1CNC1. The maximum Gasteiger partial charge on any atom is 0.125 e. The predicted octanol–water partition coefficient (Wildman–Crippen LogP) is 1.68. The van der Waals surface area contributed by atoms with E-state index in [1.54, 1.807) is 6.08 Å². The quantitative estimate of drug-likeness (QED) is 0.551. The second-order valence-corrected chi connectivity index (χ2v) is 2.02. The third-order valence-electron chi connectivity index (χ3n) is 1.06. The number of hydrogen-bond donors (Lipinski definition) is 1. The zero-order valence-electron chi connectivity index (χ0n) is 6.31. The molecule has 1 saturated heterocycles. The molecule has 1 aliphatic heterocycles. The van der Waals surface area contributed by atoms with Crippen LogP contribution in [-0.4, -0.2) is 19.3 Å². The lowest BCUT2D eigenvalue weighted by molar-refractivity contribution is 0.237. The van der Waals surface area contributed by atoms with Crippen LogP contribution >= 0.6 is 0 Å². The van der Waals surface area contributed by atoms with Crippen molar-refractivity contribution in [3.8, 4) is 0 Å². The molecule has 1 nitrogen and oxygen atoms in total. The van der Waals surface area contributed by atoms with Crippen LogP contribution in [0.25, 0.3) is 0 Å². The molecular weight excluding hydrogens is 129 g/mol. The van der Waals surface area contributed by atoms with E-state index in [4.69, 9.17) is 0 Å². The fraction of sp³-hybridized carbons (Fsp3) is 0.500. The minimum atomic E-state index is -0.546. The topological polar surface area (TPSA) is 12.0 Å². The lowest BCUT2D eigenvalue weighted by Crippen LogP contribution is -2.43. The Morgan fingerprint density at radius 3 is 2.10 bits per heavy atom. The highest BCUT2D eigenvalue weighted by Gasteiger charge is 2.12. The van der Waals surface area contributed by atoms with E-state index in [9.17, 15) is 4.39 Å². The van der Waals surface area contributed by atoms with Crippen molar-refractivity contribution in [2.45, 2.75) is 13.1 Å². The van der Waals surface area contributed by atoms with E-state index in [0.29, 0.717) is 13.1 Å². The average Bonchev–Trinajstić information content (AvgIpc) is 1.87. The summed E-state index contributed by atoms with van der Waals surface area (Å²) >= 11 is 0. The minimum Gasteiger partial charge on any atom is -0.311 e. The molecule has 0 amide bonds. The van der Waals surface area contributed by atoms with E-state index < -0.39 is 6.17 Å². The average molecular weight is 143 g/mol. The summed E-state index contributed by atoms with van der Waals surface area (Å²) in [7, 11) is 0. The molecule has 1 fully saturated rings. The fourth-order valence-electron chi connectivity index (χ4n) is 0.390. The Kier molecular flexibility index (Phi) is 6.08. The van der Waals surface area contributed by atoms with Gasteiger partial charge in [0.15, 0.2) is 0 Å². The molecule has 0 spiro atoms. The van der Waals surface area contributed by atoms with Gasteiger partial charge in [0, 0.05) is 13.1 Å². The van der Waals surface area contributed by atoms with E-state index in [1.165, 1.54) is 0 Å². The molecular formula is C8H14FN. The lowest BCUT2D eigenvalue weighted by atomic mass is 10.3. The van der Waals surface area contributed by atoms with Crippen LogP contribution in [0.4, 0.5) is 4.39 Å². The van der Waals surface area contributed by atoms with Gasteiger partial charge in [0.2, 0.25) is 0 Å². The number of hydrogen-bond acceptors (Lipinski definition) is 1. The van der Waals surface area contributed by atoms with Gasteiger partial charge in [0.05, 0.1) is 0 Å². The molecule has 2 heteroatoms. The van der Waals surface area contributed by atoms with Crippen molar-refractivity contribution in [3.05, 3.63) is 24.8 Å². The van der Waals surface area contributed by atoms with Crippen molar-refractivity contribution in [3.63, 3.8) is 0 Å². The van der Waals surface area contributed by atoms with Crippen LogP contribution in [0.2, 0.25) is 0 Å². The van der Waals surface area contributed by atoms with Gasteiger partial charge < -0.3 is 5.32 Å². The van der Waals surface area contributed by atoms with Gasteiger partial charge in [-0.1, -0.05) is 24.8 Å². The van der Waals surface area contributed by atoms with Crippen LogP contribution in [0.3, 0.4) is 0 Å². The van der Waals surface area contributed by atoms with E-state index in [0.717, 1.165) is 0 Å². The highest BCUT2D eigenvalue weighted by atomic mass is 19.1. The van der Waals surface area contributed by atoms with Crippen molar-refractivity contribution in [1.29, 1.82) is 0 Å². The lowest BCUT2D eigenvalue weighted by Gasteiger charge is -2.17. The molecule has 10 heavy (non-hydrogen) atoms. The van der Waals surface area contributed by atoms with Gasteiger partial charge >= 0.3 is 0 Å². The van der Waals surface area contributed by atoms with E-state index >= 15 is 0 Å². The first-order valence-corrected chi connectivity index (χ1v) is 3.39. The van der Waals surface area contributed by atoms with Crippen LogP contribution in [0, 0.1) is 0 Å². The second kappa shape index (κ2) is 6.49. The molecule has 0 aromatic heterocycles. The van der Waals surface area contributed by atoms with Gasteiger partial charge in [-0.2, -0.15) is 0 Å². The summed E-state index contributed by atoms with van der Waals surface area (Å²) in [5, 5.41) is 2.79. The van der Waals surface area contributed by atoms with E-state index in [1.807, 2.05) is 19.1 Å². The van der Waals surface area contributed by atoms with Crippen LogP contribution in [0.15, 0.2) is 24.8 Å². The molecule has 0 aromatic rings. The molecule has 0 atom stereocenters. The first kappa shape index (κ1) is 9.37. The molecule has 0 aromatic carbocycles. The third-order valence-corrected chi connectivity index (χ3v) is 1.06. The Labute approximate surface area is 61.6 Å². The van der Waals surface area contributed by atoms with Crippen molar-refractivity contribution in [1.82, 2.24) is 5.32 Å². The maximum atomic E-state index is 11.5. The first-order chi connectivity index (χ1) is 4.81. The molecule has 1 heterocycles. The Morgan fingerprint density at radius 2 is 2.10 bits per heavy atom. The Morgan fingerprint density at radius 1 is 1.60 bits per heavy atom. The summed E-state index contributed by atoms with van der Waals surface area (Å²) in [5.41, 5.74) is 0. The fourth-order valence-corrected chi connectivity index (χ4v) is 0.390. The van der Waals surface area contributed by atoms with Crippen LogP contribution in [-0.2, 0) is 0 Å². The van der Waals surface area contributed by atoms with E-state index in [2.05, 4.69) is 11.9 Å². The van der Waals surface area contributed by atoms with Crippen LogP contribution < -0.4 is 5.32 Å². The molecule has 0 saturated carbocycles. The third kappa shape index (κ3) is 5.51. The molecule has 1 N–H and O–H groups in total. The number of allylic oxidation sites excluding steroid dienone is 3. The summed E-state index contributed by atoms with van der Waals surface area (Å²) in [6.45, 7) is 6.56. The van der Waals surface area contributed by atoms with Gasteiger partial charge in [-0.3, -0.25) is 0 Å². The predicted molar refractivity (Wildman–Crippen MR) is 42.8 cm³/mol.